The third-order valence-corrected chi connectivity index (χ3v) is 4.70. The van der Waals surface area contributed by atoms with Crippen molar-refractivity contribution in [3.05, 3.63) is 83.2 Å². The van der Waals surface area contributed by atoms with Gasteiger partial charge in [-0.05, 0) is 41.7 Å². The van der Waals surface area contributed by atoms with Gasteiger partial charge in [-0.25, -0.2) is 9.40 Å². The smallest absolute Gasteiger partial charge is 0.0675 e. The van der Waals surface area contributed by atoms with Crippen molar-refractivity contribution >= 4 is 11.3 Å². The van der Waals surface area contributed by atoms with Crippen LogP contribution in [0.1, 0.15) is 36.4 Å². The summed E-state index contributed by atoms with van der Waals surface area (Å²) in [5, 5.41) is 4.84. The third kappa shape index (κ3) is 5.35. The number of benzene rings is 2. The van der Waals surface area contributed by atoms with Crippen LogP contribution >= 0.6 is 0 Å². The number of aromatic nitrogens is 2. The Kier molecular flexibility index (Phi) is 6.55. The van der Waals surface area contributed by atoms with Gasteiger partial charge in [0.1, 0.15) is 0 Å². The van der Waals surface area contributed by atoms with Crippen molar-refractivity contribution in [1.29, 1.82) is 0 Å². The summed E-state index contributed by atoms with van der Waals surface area (Å²) in [5.41, 5.74) is 5.24. The van der Waals surface area contributed by atoms with Gasteiger partial charge < -0.3 is 4.55 Å². The van der Waals surface area contributed by atoms with Crippen LogP contribution in [0.3, 0.4) is 0 Å². The normalized spacial score (nSPS) is 12.4. The number of hydrogen-bond acceptors (Lipinski definition) is 3. The Morgan fingerprint density at radius 2 is 1.74 bits per heavy atom. The molecule has 0 fully saturated rings. The minimum absolute atomic E-state index is 0.282. The highest BCUT2D eigenvalue weighted by Gasteiger charge is 2.13. The van der Waals surface area contributed by atoms with Crippen LogP contribution in [0.4, 0.5) is 0 Å². The molecule has 0 spiro atoms. The summed E-state index contributed by atoms with van der Waals surface area (Å²) < 4.78 is 26.1. The largest absolute Gasteiger partial charge is 0.760 e. The summed E-state index contributed by atoms with van der Waals surface area (Å²) >= 11 is -2.27. The zero-order valence-corrected chi connectivity index (χ0v) is 16.4. The molecule has 5 nitrogen and oxygen atoms in total. The molecule has 1 unspecified atom stereocenters. The molecule has 0 amide bonds. The van der Waals surface area contributed by atoms with Crippen molar-refractivity contribution in [3.8, 4) is 5.69 Å². The van der Waals surface area contributed by atoms with Gasteiger partial charge in [-0.3, -0.25) is 4.21 Å². The Bertz CT molecular complexity index is 907. The quantitative estimate of drug-likeness (QED) is 0.606. The van der Waals surface area contributed by atoms with Crippen molar-refractivity contribution in [2.45, 2.75) is 33.2 Å². The molecule has 0 radical (unpaired) electrons. The summed E-state index contributed by atoms with van der Waals surface area (Å²) in [5.74, 6) is 0.528. The summed E-state index contributed by atoms with van der Waals surface area (Å²) in [4.78, 5) is 0. The third-order valence-electron chi connectivity index (χ3n) is 4.32. The van der Waals surface area contributed by atoms with Crippen LogP contribution in [0.25, 0.3) is 5.69 Å². The van der Waals surface area contributed by atoms with Crippen molar-refractivity contribution in [1.82, 2.24) is 14.5 Å². The van der Waals surface area contributed by atoms with E-state index in [1.807, 2.05) is 47.1 Å². The first kappa shape index (κ1) is 19.5. The molecule has 1 N–H and O–H groups in total. The fourth-order valence-electron chi connectivity index (χ4n) is 3.15. The molecule has 0 aliphatic heterocycles. The van der Waals surface area contributed by atoms with Crippen LogP contribution < -0.4 is 4.72 Å². The molecule has 27 heavy (non-hydrogen) atoms. The molecule has 2 aromatic carbocycles. The number of hydrogen-bond donors (Lipinski definition) is 1. The number of rotatable bonds is 8. The van der Waals surface area contributed by atoms with Crippen LogP contribution in [0.15, 0.2) is 60.7 Å². The van der Waals surface area contributed by atoms with E-state index >= 15 is 0 Å². The molecule has 142 valence electrons. The van der Waals surface area contributed by atoms with Gasteiger partial charge in [0.25, 0.3) is 0 Å². The zero-order valence-electron chi connectivity index (χ0n) is 15.6. The van der Waals surface area contributed by atoms with Crippen molar-refractivity contribution in [3.63, 3.8) is 0 Å². The van der Waals surface area contributed by atoms with E-state index in [1.165, 1.54) is 5.69 Å². The number of para-hydroxylation sites is 1. The Balaban J connectivity index is 1.90. The monoisotopic (exact) mass is 382 g/mol. The predicted octanol–water partition coefficient (Wildman–Crippen LogP) is 3.55. The fraction of sp³-hybridized carbons (Fsp3) is 0.286. The van der Waals surface area contributed by atoms with Gasteiger partial charge in [0.05, 0.1) is 11.4 Å². The van der Waals surface area contributed by atoms with E-state index in [0.717, 1.165) is 28.9 Å². The maximum atomic E-state index is 10.8. The summed E-state index contributed by atoms with van der Waals surface area (Å²) in [6.45, 7) is 4.68. The number of nitrogens with one attached hydrogen (secondary N) is 1. The van der Waals surface area contributed by atoms with Crippen LogP contribution in [0, 0.1) is 5.92 Å². The van der Waals surface area contributed by atoms with E-state index in [4.69, 9.17) is 5.10 Å². The van der Waals surface area contributed by atoms with Crippen LogP contribution in [-0.4, -0.2) is 18.5 Å². The average molecular weight is 383 g/mol. The van der Waals surface area contributed by atoms with Gasteiger partial charge in [-0.2, -0.15) is 5.10 Å². The molecule has 6 heteroatoms. The molecule has 0 aliphatic rings. The highest BCUT2D eigenvalue weighted by atomic mass is 32.2. The van der Waals surface area contributed by atoms with Gasteiger partial charge in [0.2, 0.25) is 0 Å². The van der Waals surface area contributed by atoms with E-state index in [2.05, 4.69) is 36.8 Å². The van der Waals surface area contributed by atoms with E-state index < -0.39 is 11.3 Å². The molecule has 0 bridgehead atoms. The van der Waals surface area contributed by atoms with Crippen molar-refractivity contribution < 1.29 is 8.76 Å². The second-order valence-corrected chi connectivity index (χ2v) is 7.73. The number of nitrogens with zero attached hydrogens (tertiary/aromatic N) is 2. The lowest BCUT2D eigenvalue weighted by molar-refractivity contribution is 0.522. The maximum absolute atomic E-state index is 10.8. The van der Waals surface area contributed by atoms with E-state index in [1.54, 1.807) is 0 Å². The summed E-state index contributed by atoms with van der Waals surface area (Å²) in [6.07, 6.45) is 1.61. The molecule has 3 rings (SSSR count). The summed E-state index contributed by atoms with van der Waals surface area (Å²) in [6, 6.07) is 20.1. The van der Waals surface area contributed by atoms with Crippen molar-refractivity contribution in [2.24, 2.45) is 5.92 Å². The lowest BCUT2D eigenvalue weighted by Crippen LogP contribution is -2.16. The van der Waals surface area contributed by atoms with E-state index in [9.17, 15) is 8.76 Å². The highest BCUT2D eigenvalue weighted by Crippen LogP contribution is 2.20. The SMILES string of the molecule is CC(C)Cc1cc(Cc2ccccc2CNS(=O)[O-])nn1-c1ccccc1. The van der Waals surface area contributed by atoms with Crippen LogP contribution in [0.2, 0.25) is 0 Å². The van der Waals surface area contributed by atoms with Gasteiger partial charge in [-0.15, -0.1) is 0 Å². The van der Waals surface area contributed by atoms with Gasteiger partial charge >= 0.3 is 0 Å². The molecular weight excluding hydrogens is 358 g/mol. The van der Waals surface area contributed by atoms with Gasteiger partial charge in [0, 0.05) is 29.9 Å². The highest BCUT2D eigenvalue weighted by molar-refractivity contribution is 7.77. The van der Waals surface area contributed by atoms with Gasteiger partial charge in [-0.1, -0.05) is 56.3 Å². The topological polar surface area (TPSA) is 70.0 Å². The molecule has 0 saturated heterocycles. The van der Waals surface area contributed by atoms with Crippen molar-refractivity contribution in [2.75, 3.05) is 0 Å². The Morgan fingerprint density at radius 1 is 1.07 bits per heavy atom. The Labute approximate surface area is 162 Å². The predicted molar refractivity (Wildman–Crippen MR) is 107 cm³/mol. The summed E-state index contributed by atoms with van der Waals surface area (Å²) in [7, 11) is 0. The molecule has 3 aromatic rings. The molecule has 0 aliphatic carbocycles. The molecule has 1 heterocycles. The minimum Gasteiger partial charge on any atom is -0.760 e. The second-order valence-electron chi connectivity index (χ2n) is 6.97. The first-order valence-corrected chi connectivity index (χ1v) is 10.1. The first-order chi connectivity index (χ1) is 13.0. The maximum Gasteiger partial charge on any atom is 0.0675 e. The zero-order chi connectivity index (χ0) is 19.2. The average Bonchev–Trinajstić information content (AvgIpc) is 3.03. The minimum atomic E-state index is -2.27. The standard InChI is InChI=1S/C21H25N3O2S/c1-16(2)12-21-14-19(23-24(21)20-10-4-3-5-11-20)13-17-8-6-7-9-18(17)15-22-27(25)26/h3-11,14,16,22H,12-13,15H2,1-2H3,(H,25,26)/p-1. The second kappa shape index (κ2) is 9.08. The van der Waals surface area contributed by atoms with E-state index in [0.29, 0.717) is 12.3 Å². The fourth-order valence-corrected chi connectivity index (χ4v) is 3.43. The first-order valence-electron chi connectivity index (χ1n) is 9.05. The Morgan fingerprint density at radius 3 is 2.41 bits per heavy atom. The lowest BCUT2D eigenvalue weighted by Gasteiger charge is -2.11. The molecular formula is C21H24N3O2S-. The van der Waals surface area contributed by atoms with Crippen LogP contribution in [0.5, 0.6) is 0 Å². The van der Waals surface area contributed by atoms with Gasteiger partial charge in [0.15, 0.2) is 0 Å². The molecule has 0 saturated carbocycles. The Hall–Kier alpha value is -2.28. The lowest BCUT2D eigenvalue weighted by atomic mass is 10.0. The molecule has 1 atom stereocenters. The molecule has 1 aromatic heterocycles. The van der Waals surface area contributed by atoms with Crippen LogP contribution in [-0.2, 0) is 30.7 Å². The van der Waals surface area contributed by atoms with E-state index in [-0.39, 0.29) is 6.54 Å².